The number of rotatable bonds is 9. The number of carbonyl (C=O) groups is 1. The van der Waals surface area contributed by atoms with Gasteiger partial charge in [-0.1, -0.05) is 43.7 Å². The highest BCUT2D eigenvalue weighted by atomic mass is 32.2. The van der Waals surface area contributed by atoms with Crippen molar-refractivity contribution < 1.29 is 13.2 Å². The second-order valence-electron chi connectivity index (χ2n) is 5.82. The van der Waals surface area contributed by atoms with Crippen LogP contribution in [0.25, 0.3) is 0 Å². The number of amides is 1. The van der Waals surface area contributed by atoms with Crippen LogP contribution in [0.3, 0.4) is 0 Å². The topological polar surface area (TPSA) is 75.3 Å². The summed E-state index contributed by atoms with van der Waals surface area (Å²) in [5.41, 5.74) is 0.941. The van der Waals surface area contributed by atoms with Crippen molar-refractivity contribution in [2.45, 2.75) is 51.1 Å². The van der Waals surface area contributed by atoms with E-state index in [-0.39, 0.29) is 17.7 Å². The highest BCUT2D eigenvalue weighted by molar-refractivity contribution is 7.89. The molecule has 5 nitrogen and oxygen atoms in total. The molecule has 2 rings (SSSR count). The normalized spacial score (nSPS) is 16.2. The van der Waals surface area contributed by atoms with Gasteiger partial charge in [-0.05, 0) is 31.2 Å². The van der Waals surface area contributed by atoms with E-state index in [0.29, 0.717) is 12.8 Å². The number of benzene rings is 1. The lowest BCUT2D eigenvalue weighted by molar-refractivity contribution is -0.122. The molecular formula is C16H24N2O3S. The summed E-state index contributed by atoms with van der Waals surface area (Å²) in [6.07, 6.45) is 3.72. The van der Waals surface area contributed by atoms with Gasteiger partial charge in [-0.2, -0.15) is 0 Å². The highest BCUT2D eigenvalue weighted by Gasteiger charge is 2.29. The first-order chi connectivity index (χ1) is 10.5. The van der Waals surface area contributed by atoms with E-state index in [1.807, 2.05) is 37.3 Å². The second kappa shape index (κ2) is 7.74. The van der Waals surface area contributed by atoms with Crippen molar-refractivity contribution in [3.63, 3.8) is 0 Å². The molecule has 122 valence electrons. The molecule has 1 atom stereocenters. The fraction of sp³-hybridized carbons (Fsp3) is 0.562. The molecule has 0 bridgehead atoms. The van der Waals surface area contributed by atoms with Crippen molar-refractivity contribution in [2.24, 2.45) is 0 Å². The van der Waals surface area contributed by atoms with Crippen LogP contribution in [0.4, 0.5) is 0 Å². The summed E-state index contributed by atoms with van der Waals surface area (Å²) in [6.45, 7) is 1.94. The number of hydrogen-bond donors (Lipinski definition) is 2. The van der Waals surface area contributed by atoms with Crippen LogP contribution < -0.4 is 10.0 Å². The zero-order chi connectivity index (χ0) is 16.0. The third kappa shape index (κ3) is 5.77. The maximum Gasteiger partial charge on any atom is 0.238 e. The highest BCUT2D eigenvalue weighted by Crippen LogP contribution is 2.19. The minimum absolute atomic E-state index is 0.0610. The summed E-state index contributed by atoms with van der Waals surface area (Å²) in [7, 11) is -3.43. The third-order valence-corrected chi connectivity index (χ3v) is 5.08. The average Bonchev–Trinajstić information content (AvgIpc) is 3.29. The van der Waals surface area contributed by atoms with Crippen molar-refractivity contribution in [1.82, 2.24) is 10.0 Å². The van der Waals surface area contributed by atoms with Gasteiger partial charge in [0.1, 0.15) is 6.04 Å². The Morgan fingerprint density at radius 2 is 1.95 bits per heavy atom. The molecule has 0 aliphatic heterocycles. The molecule has 6 heteroatoms. The van der Waals surface area contributed by atoms with Gasteiger partial charge in [0.05, 0.1) is 5.75 Å². The largest absolute Gasteiger partial charge is 0.352 e. The van der Waals surface area contributed by atoms with Gasteiger partial charge < -0.3 is 5.32 Å². The molecule has 0 saturated heterocycles. The van der Waals surface area contributed by atoms with Crippen LogP contribution in [0.5, 0.6) is 0 Å². The number of unbranched alkanes of at least 4 members (excludes halogenated alkanes) is 1. The number of carbonyl (C=O) groups excluding carboxylic acids is 1. The minimum atomic E-state index is -3.43. The molecule has 1 aliphatic rings. The lowest BCUT2D eigenvalue weighted by Crippen LogP contribution is -2.49. The number of sulfonamides is 1. The Morgan fingerprint density at radius 1 is 1.27 bits per heavy atom. The molecule has 2 N–H and O–H groups in total. The smallest absolute Gasteiger partial charge is 0.238 e. The summed E-state index contributed by atoms with van der Waals surface area (Å²) in [5.74, 6) is -0.169. The fourth-order valence-electron chi connectivity index (χ4n) is 2.18. The molecule has 1 saturated carbocycles. The van der Waals surface area contributed by atoms with E-state index < -0.39 is 16.1 Å². The van der Waals surface area contributed by atoms with E-state index in [9.17, 15) is 13.2 Å². The monoisotopic (exact) mass is 324 g/mol. The predicted octanol–water partition coefficient (Wildman–Crippen LogP) is 1.60. The minimum Gasteiger partial charge on any atom is -0.352 e. The quantitative estimate of drug-likeness (QED) is 0.724. The summed E-state index contributed by atoms with van der Waals surface area (Å²) < 4.78 is 26.8. The molecule has 1 aromatic rings. The third-order valence-electron chi connectivity index (χ3n) is 3.61. The maximum atomic E-state index is 12.3. The van der Waals surface area contributed by atoms with Crippen LogP contribution in [-0.2, 0) is 21.2 Å². The Kier molecular flexibility index (Phi) is 5.97. The fourth-order valence-corrected chi connectivity index (χ4v) is 3.59. The Hall–Kier alpha value is -1.40. The lowest BCUT2D eigenvalue weighted by atomic mass is 10.1. The maximum absolute atomic E-state index is 12.3. The van der Waals surface area contributed by atoms with Crippen LogP contribution in [-0.4, -0.2) is 32.2 Å². The summed E-state index contributed by atoms with van der Waals surface area (Å²) in [6, 6.07) is 8.94. The van der Waals surface area contributed by atoms with Crippen LogP contribution in [0.2, 0.25) is 0 Å². The molecule has 1 amide bonds. The Morgan fingerprint density at radius 3 is 2.55 bits per heavy atom. The van der Waals surface area contributed by atoms with Gasteiger partial charge in [0.25, 0.3) is 0 Å². The summed E-state index contributed by atoms with van der Waals surface area (Å²) in [5, 5.41) is 2.89. The van der Waals surface area contributed by atoms with Crippen LogP contribution in [0.1, 0.15) is 38.2 Å². The van der Waals surface area contributed by atoms with Crippen LogP contribution in [0, 0.1) is 0 Å². The Balaban J connectivity index is 2.04. The van der Waals surface area contributed by atoms with Gasteiger partial charge in [-0.15, -0.1) is 0 Å². The van der Waals surface area contributed by atoms with E-state index in [0.717, 1.165) is 24.8 Å². The Bertz CT molecular complexity index is 583. The standard InChI is InChI=1S/C16H24N2O3S/c1-2-3-11-22(20,21)18-15(16(19)17-14-9-10-14)12-13-7-5-4-6-8-13/h4-8,14-15,18H,2-3,9-12H2,1H3,(H,17,19). The Labute approximate surface area is 132 Å². The van der Waals surface area contributed by atoms with Gasteiger partial charge >= 0.3 is 0 Å². The average molecular weight is 324 g/mol. The molecule has 0 spiro atoms. The molecule has 22 heavy (non-hydrogen) atoms. The lowest BCUT2D eigenvalue weighted by Gasteiger charge is -2.18. The number of hydrogen-bond acceptors (Lipinski definition) is 3. The molecule has 0 aromatic heterocycles. The molecule has 0 heterocycles. The first-order valence-corrected chi connectivity index (χ1v) is 9.49. The van der Waals surface area contributed by atoms with E-state index in [4.69, 9.17) is 0 Å². The first-order valence-electron chi connectivity index (χ1n) is 7.84. The van der Waals surface area contributed by atoms with Crippen LogP contribution in [0.15, 0.2) is 30.3 Å². The molecular weight excluding hydrogens is 300 g/mol. The van der Waals surface area contributed by atoms with Crippen LogP contribution >= 0.6 is 0 Å². The molecule has 1 unspecified atom stereocenters. The van der Waals surface area contributed by atoms with Gasteiger partial charge in [-0.25, -0.2) is 13.1 Å². The van der Waals surface area contributed by atoms with E-state index in [2.05, 4.69) is 10.0 Å². The summed E-state index contributed by atoms with van der Waals surface area (Å²) in [4.78, 5) is 12.3. The van der Waals surface area contributed by atoms with Crippen molar-refractivity contribution in [1.29, 1.82) is 0 Å². The number of nitrogens with one attached hydrogen (secondary N) is 2. The van der Waals surface area contributed by atoms with E-state index >= 15 is 0 Å². The van der Waals surface area contributed by atoms with Crippen molar-refractivity contribution in [2.75, 3.05) is 5.75 Å². The zero-order valence-electron chi connectivity index (χ0n) is 12.9. The van der Waals surface area contributed by atoms with Gasteiger partial charge in [0.15, 0.2) is 0 Å². The van der Waals surface area contributed by atoms with Crippen molar-refractivity contribution in [3.05, 3.63) is 35.9 Å². The second-order valence-corrected chi connectivity index (χ2v) is 7.69. The first kappa shape index (κ1) is 17.0. The van der Waals surface area contributed by atoms with Gasteiger partial charge in [-0.3, -0.25) is 4.79 Å². The van der Waals surface area contributed by atoms with Gasteiger partial charge in [0, 0.05) is 6.04 Å². The molecule has 0 radical (unpaired) electrons. The predicted molar refractivity (Wildman–Crippen MR) is 86.9 cm³/mol. The molecule has 1 aliphatic carbocycles. The van der Waals surface area contributed by atoms with Crippen molar-refractivity contribution in [3.8, 4) is 0 Å². The molecule has 1 fully saturated rings. The van der Waals surface area contributed by atoms with Gasteiger partial charge in [0.2, 0.25) is 15.9 Å². The van der Waals surface area contributed by atoms with Crippen molar-refractivity contribution >= 4 is 15.9 Å². The van der Waals surface area contributed by atoms with E-state index in [1.165, 1.54) is 0 Å². The summed E-state index contributed by atoms with van der Waals surface area (Å²) >= 11 is 0. The zero-order valence-corrected chi connectivity index (χ0v) is 13.7. The van der Waals surface area contributed by atoms with E-state index in [1.54, 1.807) is 0 Å². The SMILES string of the molecule is CCCCS(=O)(=O)NC(Cc1ccccc1)C(=O)NC1CC1. The molecule has 1 aromatic carbocycles.